The number of hydrogen-bond acceptors (Lipinski definition) is 3. The zero-order valence-corrected chi connectivity index (χ0v) is 14.5. The number of fused-ring (bicyclic) bond motifs is 1. The highest BCUT2D eigenvalue weighted by atomic mass is 16.5. The lowest BCUT2D eigenvalue weighted by molar-refractivity contribution is 0.0532. The number of ether oxygens (including phenoxy) is 1. The van der Waals surface area contributed by atoms with Crippen LogP contribution in [-0.2, 0) is 11.2 Å². The van der Waals surface area contributed by atoms with Crippen molar-refractivity contribution in [1.82, 2.24) is 4.98 Å². The molecule has 3 heteroatoms. The minimum Gasteiger partial charge on any atom is -0.375 e. The lowest BCUT2D eigenvalue weighted by atomic mass is 10.0. The Bertz CT molecular complexity index is 624. The van der Waals surface area contributed by atoms with Crippen LogP contribution in [0.3, 0.4) is 0 Å². The number of morpholine rings is 1. The quantitative estimate of drug-likeness (QED) is 0.824. The van der Waals surface area contributed by atoms with E-state index < -0.39 is 0 Å². The van der Waals surface area contributed by atoms with Gasteiger partial charge in [0.1, 0.15) is 0 Å². The van der Waals surface area contributed by atoms with Crippen LogP contribution in [0.5, 0.6) is 0 Å². The molecule has 1 saturated heterocycles. The van der Waals surface area contributed by atoms with Crippen molar-refractivity contribution in [3.8, 4) is 0 Å². The normalized spacial score (nSPS) is 18.0. The summed E-state index contributed by atoms with van der Waals surface area (Å²) in [4.78, 5) is 7.05. The number of rotatable bonds is 2. The molecule has 0 N–H and O–H groups in total. The summed E-state index contributed by atoms with van der Waals surface area (Å²) in [7, 11) is 0. The van der Waals surface area contributed by atoms with E-state index >= 15 is 0 Å². The summed E-state index contributed by atoms with van der Waals surface area (Å²) in [5.41, 5.74) is 4.87. The SMILES string of the molecule is CC.CCc1cc(C)nc2ccc(N3CCOC(C)C3)cc12. The molecule has 22 heavy (non-hydrogen) atoms. The highest BCUT2D eigenvalue weighted by molar-refractivity contribution is 5.86. The van der Waals surface area contributed by atoms with Gasteiger partial charge in [-0.05, 0) is 50.1 Å². The first kappa shape index (κ1) is 16.8. The topological polar surface area (TPSA) is 25.4 Å². The van der Waals surface area contributed by atoms with E-state index in [9.17, 15) is 0 Å². The average molecular weight is 300 g/mol. The van der Waals surface area contributed by atoms with Gasteiger partial charge in [0.05, 0.1) is 18.2 Å². The Hall–Kier alpha value is -1.61. The summed E-state index contributed by atoms with van der Waals surface area (Å²) >= 11 is 0. The van der Waals surface area contributed by atoms with Crippen LogP contribution < -0.4 is 4.90 Å². The molecule has 1 unspecified atom stereocenters. The van der Waals surface area contributed by atoms with Gasteiger partial charge in [-0.3, -0.25) is 4.98 Å². The van der Waals surface area contributed by atoms with E-state index in [0.717, 1.165) is 37.3 Å². The van der Waals surface area contributed by atoms with Crippen molar-refractivity contribution < 1.29 is 4.74 Å². The van der Waals surface area contributed by atoms with Crippen molar-refractivity contribution in [2.24, 2.45) is 0 Å². The number of nitrogens with zero attached hydrogens (tertiary/aromatic N) is 2. The number of anilines is 1. The van der Waals surface area contributed by atoms with Gasteiger partial charge in [-0.2, -0.15) is 0 Å². The van der Waals surface area contributed by atoms with Crippen molar-refractivity contribution in [1.29, 1.82) is 0 Å². The van der Waals surface area contributed by atoms with Crippen molar-refractivity contribution in [3.63, 3.8) is 0 Å². The number of aryl methyl sites for hydroxylation is 2. The molecule has 1 aliphatic rings. The van der Waals surface area contributed by atoms with Crippen LogP contribution in [0.4, 0.5) is 5.69 Å². The monoisotopic (exact) mass is 300 g/mol. The summed E-state index contributed by atoms with van der Waals surface area (Å²) in [5.74, 6) is 0. The van der Waals surface area contributed by atoms with Gasteiger partial charge in [-0.25, -0.2) is 0 Å². The van der Waals surface area contributed by atoms with Crippen LogP contribution in [0.15, 0.2) is 24.3 Å². The van der Waals surface area contributed by atoms with Gasteiger partial charge in [0, 0.05) is 29.9 Å². The fourth-order valence-electron chi connectivity index (χ4n) is 2.97. The molecule has 1 aliphatic heterocycles. The minimum absolute atomic E-state index is 0.307. The van der Waals surface area contributed by atoms with Crippen molar-refractivity contribution in [2.75, 3.05) is 24.6 Å². The van der Waals surface area contributed by atoms with Gasteiger partial charge >= 0.3 is 0 Å². The lowest BCUT2D eigenvalue weighted by Gasteiger charge is -2.33. The molecule has 2 heterocycles. The van der Waals surface area contributed by atoms with Crippen LogP contribution in [0.25, 0.3) is 10.9 Å². The second-order valence-corrected chi connectivity index (χ2v) is 5.61. The Balaban J connectivity index is 0.000000847. The fraction of sp³-hybridized carbons (Fsp3) is 0.526. The summed E-state index contributed by atoms with van der Waals surface area (Å²) < 4.78 is 5.62. The largest absolute Gasteiger partial charge is 0.375 e. The number of benzene rings is 1. The van der Waals surface area contributed by atoms with Gasteiger partial charge < -0.3 is 9.64 Å². The predicted octanol–water partition coefficient (Wildman–Crippen LogP) is 4.36. The van der Waals surface area contributed by atoms with Crippen LogP contribution in [0.2, 0.25) is 0 Å². The molecule has 1 aromatic carbocycles. The molecule has 2 aromatic rings. The molecule has 1 atom stereocenters. The molecule has 0 bridgehead atoms. The van der Waals surface area contributed by atoms with Crippen LogP contribution in [0.1, 0.15) is 39.0 Å². The van der Waals surface area contributed by atoms with E-state index in [1.807, 2.05) is 13.8 Å². The number of aromatic nitrogens is 1. The van der Waals surface area contributed by atoms with Crippen LogP contribution in [-0.4, -0.2) is 30.8 Å². The summed E-state index contributed by atoms with van der Waals surface area (Å²) in [6.45, 7) is 13.2. The van der Waals surface area contributed by atoms with E-state index in [1.54, 1.807) is 0 Å². The van der Waals surface area contributed by atoms with E-state index in [4.69, 9.17) is 4.74 Å². The Morgan fingerprint density at radius 1 is 1.27 bits per heavy atom. The molecule has 3 nitrogen and oxygen atoms in total. The summed E-state index contributed by atoms with van der Waals surface area (Å²) in [6.07, 6.45) is 1.35. The Labute approximate surface area is 134 Å². The second kappa shape index (κ2) is 7.59. The van der Waals surface area contributed by atoms with Gasteiger partial charge in [0.25, 0.3) is 0 Å². The van der Waals surface area contributed by atoms with E-state index in [2.05, 4.69) is 54.9 Å². The highest BCUT2D eigenvalue weighted by Crippen LogP contribution is 2.26. The summed E-state index contributed by atoms with van der Waals surface area (Å²) in [6, 6.07) is 8.83. The molecule has 0 amide bonds. The van der Waals surface area contributed by atoms with E-state index in [1.165, 1.54) is 16.6 Å². The Morgan fingerprint density at radius 3 is 2.73 bits per heavy atom. The first-order chi connectivity index (χ1) is 10.7. The molecule has 0 radical (unpaired) electrons. The Kier molecular flexibility index (Phi) is 5.78. The standard InChI is InChI=1S/C17H22N2O.C2H6/c1-4-14-9-12(2)18-17-6-5-15(10-16(14)17)19-7-8-20-13(3)11-19;1-2/h5-6,9-10,13H,4,7-8,11H2,1-3H3;1-2H3. The van der Waals surface area contributed by atoms with Gasteiger partial charge in [-0.15, -0.1) is 0 Å². The smallest absolute Gasteiger partial charge is 0.0722 e. The van der Waals surface area contributed by atoms with Gasteiger partial charge in [0.15, 0.2) is 0 Å². The highest BCUT2D eigenvalue weighted by Gasteiger charge is 2.17. The zero-order chi connectivity index (χ0) is 16.1. The molecule has 120 valence electrons. The second-order valence-electron chi connectivity index (χ2n) is 5.61. The molecule has 1 fully saturated rings. The van der Waals surface area contributed by atoms with Crippen molar-refractivity contribution >= 4 is 16.6 Å². The number of hydrogen-bond donors (Lipinski definition) is 0. The van der Waals surface area contributed by atoms with Gasteiger partial charge in [0.2, 0.25) is 0 Å². The zero-order valence-electron chi connectivity index (χ0n) is 14.5. The molecule has 0 spiro atoms. The van der Waals surface area contributed by atoms with Gasteiger partial charge in [-0.1, -0.05) is 20.8 Å². The third kappa shape index (κ3) is 3.58. The third-order valence-corrected chi connectivity index (χ3v) is 3.99. The lowest BCUT2D eigenvalue weighted by Crippen LogP contribution is -2.41. The summed E-state index contributed by atoms with van der Waals surface area (Å²) in [5, 5.41) is 1.29. The van der Waals surface area contributed by atoms with Crippen molar-refractivity contribution in [3.05, 3.63) is 35.5 Å². The molecular weight excluding hydrogens is 272 g/mol. The Morgan fingerprint density at radius 2 is 2.05 bits per heavy atom. The average Bonchev–Trinajstić information content (AvgIpc) is 2.55. The van der Waals surface area contributed by atoms with Crippen molar-refractivity contribution in [2.45, 2.75) is 47.1 Å². The fourth-order valence-corrected chi connectivity index (χ4v) is 2.97. The molecular formula is C19H28N2O. The van der Waals surface area contributed by atoms with Crippen LogP contribution >= 0.6 is 0 Å². The third-order valence-electron chi connectivity index (χ3n) is 3.99. The molecule has 0 saturated carbocycles. The maximum Gasteiger partial charge on any atom is 0.0722 e. The molecule has 3 rings (SSSR count). The maximum atomic E-state index is 5.62. The van der Waals surface area contributed by atoms with Crippen LogP contribution in [0, 0.1) is 6.92 Å². The molecule has 0 aliphatic carbocycles. The first-order valence-corrected chi connectivity index (χ1v) is 8.44. The predicted molar refractivity (Wildman–Crippen MR) is 94.8 cm³/mol. The number of pyridine rings is 1. The first-order valence-electron chi connectivity index (χ1n) is 8.44. The maximum absolute atomic E-state index is 5.62. The molecule has 1 aromatic heterocycles. The van der Waals surface area contributed by atoms with E-state index in [0.29, 0.717) is 6.10 Å². The minimum atomic E-state index is 0.307. The van der Waals surface area contributed by atoms with E-state index in [-0.39, 0.29) is 0 Å².